The third kappa shape index (κ3) is 5.52. The molecule has 0 saturated carbocycles. The van der Waals surface area contributed by atoms with E-state index < -0.39 is 6.85 Å². The Kier molecular flexibility index (Phi) is 7.29. The summed E-state index contributed by atoms with van der Waals surface area (Å²) in [6, 6.07) is 36.6. The first-order valence-corrected chi connectivity index (χ1v) is 23.4. The number of aryl methyl sites for hydroxylation is 2. The monoisotopic (exact) mass is 819 g/mol. The lowest BCUT2D eigenvalue weighted by atomic mass is 9.33. The molecule has 6 aromatic carbocycles. The normalized spacial score (nSPS) is 19.7. The Morgan fingerprint density at radius 3 is 1.85 bits per heavy atom. The van der Waals surface area contributed by atoms with Gasteiger partial charge < -0.3 is 9.80 Å². The van der Waals surface area contributed by atoms with E-state index in [4.69, 9.17) is 4.11 Å². The van der Waals surface area contributed by atoms with Crippen molar-refractivity contribution in [2.24, 2.45) is 0 Å². The second kappa shape index (κ2) is 12.4. The highest BCUT2D eigenvalue weighted by molar-refractivity contribution is 7.26. The highest BCUT2D eigenvalue weighted by Crippen LogP contribution is 2.55. The van der Waals surface area contributed by atoms with Gasteiger partial charge >= 0.3 is 0 Å². The first kappa shape index (κ1) is 35.8. The smallest absolute Gasteiger partial charge is 0.252 e. The third-order valence-corrected chi connectivity index (χ3v) is 16.6. The van der Waals surface area contributed by atoms with Gasteiger partial charge in [0.2, 0.25) is 0 Å². The van der Waals surface area contributed by atoms with Crippen LogP contribution in [0.5, 0.6) is 0 Å². The van der Waals surface area contributed by atoms with Gasteiger partial charge in [0, 0.05) is 52.7 Å². The fourth-order valence-electron chi connectivity index (χ4n) is 12.3. The molecule has 0 fully saturated rings. The van der Waals surface area contributed by atoms with Crippen LogP contribution in [-0.2, 0) is 27.1 Å². The van der Waals surface area contributed by atoms with E-state index in [1.165, 1.54) is 75.6 Å². The zero-order valence-electron chi connectivity index (χ0n) is 41.2. The van der Waals surface area contributed by atoms with Crippen LogP contribution in [0.25, 0.3) is 20.2 Å². The number of hydrogen-bond acceptors (Lipinski definition) is 3. The lowest BCUT2D eigenvalue weighted by molar-refractivity contribution is 0.332. The maximum absolute atomic E-state index is 9.13. The van der Waals surface area contributed by atoms with Gasteiger partial charge in [-0.2, -0.15) is 0 Å². The summed E-state index contributed by atoms with van der Waals surface area (Å²) in [5.41, 5.74) is 18.5. The second-order valence-corrected chi connectivity index (χ2v) is 23.7. The molecule has 0 bridgehead atoms. The molecule has 0 N–H and O–H groups in total. The number of nitrogens with zero attached hydrogens (tertiary/aromatic N) is 2. The van der Waals surface area contributed by atoms with Crippen LogP contribution in [0.4, 0.5) is 34.1 Å². The summed E-state index contributed by atoms with van der Waals surface area (Å²) in [7, 11) is 0. The number of fused-ring (bicyclic) bond motifs is 9. The number of anilines is 6. The van der Waals surface area contributed by atoms with Crippen molar-refractivity contribution in [2.45, 2.75) is 136 Å². The average Bonchev–Trinajstić information content (AvgIpc) is 3.68. The van der Waals surface area contributed by atoms with E-state index in [1.807, 2.05) is 23.5 Å². The Hall–Kier alpha value is -4.80. The fraction of sp³-hybridized carbons (Fsp3) is 0.368. The van der Waals surface area contributed by atoms with Crippen LogP contribution in [0.15, 0.2) is 97.1 Å². The van der Waals surface area contributed by atoms with Gasteiger partial charge in [-0.05, 0) is 164 Å². The van der Waals surface area contributed by atoms with Gasteiger partial charge in [0.05, 0.1) is 5.69 Å². The van der Waals surface area contributed by atoms with Crippen molar-refractivity contribution in [3.05, 3.63) is 136 Å². The summed E-state index contributed by atoms with van der Waals surface area (Å²) in [4.78, 5) is 4.94. The van der Waals surface area contributed by atoms with Crippen molar-refractivity contribution in [3.63, 3.8) is 0 Å². The van der Waals surface area contributed by atoms with E-state index in [0.29, 0.717) is 5.56 Å². The van der Waals surface area contributed by atoms with Crippen LogP contribution in [0.1, 0.15) is 138 Å². The van der Waals surface area contributed by atoms with Crippen LogP contribution in [0.2, 0.25) is 0 Å². The maximum Gasteiger partial charge on any atom is 0.252 e. The van der Waals surface area contributed by atoms with Gasteiger partial charge in [0.25, 0.3) is 6.71 Å². The lowest BCUT2D eigenvalue weighted by Crippen LogP contribution is -2.62. The lowest BCUT2D eigenvalue weighted by Gasteiger charge is -2.48. The average molecular weight is 820 g/mol. The van der Waals surface area contributed by atoms with Crippen molar-refractivity contribution < 1.29 is 4.11 Å². The number of benzene rings is 6. The van der Waals surface area contributed by atoms with E-state index in [-0.39, 0.29) is 33.8 Å². The van der Waals surface area contributed by atoms with Crippen LogP contribution in [0.3, 0.4) is 0 Å². The van der Waals surface area contributed by atoms with Gasteiger partial charge in [-0.3, -0.25) is 0 Å². The molecule has 61 heavy (non-hydrogen) atoms. The van der Waals surface area contributed by atoms with Crippen molar-refractivity contribution in [2.75, 3.05) is 9.80 Å². The molecule has 1 aromatic heterocycles. The molecule has 3 heterocycles. The second-order valence-electron chi connectivity index (χ2n) is 22.7. The van der Waals surface area contributed by atoms with Crippen molar-refractivity contribution in [3.8, 4) is 0 Å². The largest absolute Gasteiger partial charge is 0.311 e. The molecule has 0 unspecified atom stereocenters. The van der Waals surface area contributed by atoms with Crippen LogP contribution < -0.4 is 26.2 Å². The van der Waals surface area contributed by atoms with E-state index in [0.717, 1.165) is 47.7 Å². The standard InChI is InChI=1S/C57H61BN2S/c1-33-25-47-52-48(26-33)60(45-30-40-37(27-34(45)2)56(10,11)32-57(40,12)13)46-31-39-38(54(6,7)23-24-55(39,8)9)29-42(46)58(52)41-28-35(53(3,4)5)21-22-43(41)59(47)44-18-16-20-50-51(44)36-17-14-15-19-49(36)61-50/h14-22,25-31H,23-24,32H2,1-13H3/i1D3. The van der Waals surface area contributed by atoms with E-state index in [2.05, 4.69) is 178 Å². The van der Waals surface area contributed by atoms with E-state index in [1.54, 1.807) is 0 Å². The summed E-state index contributed by atoms with van der Waals surface area (Å²) < 4.78 is 29.9. The molecular formula is C57H61BN2S. The molecule has 2 aliphatic heterocycles. The number of hydrogen-bond donors (Lipinski definition) is 0. The minimum absolute atomic E-state index is 0.00945. The summed E-state index contributed by atoms with van der Waals surface area (Å²) in [6.07, 6.45) is 3.30. The summed E-state index contributed by atoms with van der Waals surface area (Å²) in [5, 5.41) is 2.42. The molecule has 0 spiro atoms. The molecule has 7 aromatic rings. The molecule has 4 aliphatic rings. The summed E-state index contributed by atoms with van der Waals surface area (Å²) in [6.45, 7) is 26.0. The van der Waals surface area contributed by atoms with E-state index >= 15 is 0 Å². The molecule has 0 saturated heterocycles. The highest BCUT2D eigenvalue weighted by atomic mass is 32.1. The van der Waals surface area contributed by atoms with Crippen molar-refractivity contribution in [1.82, 2.24) is 0 Å². The number of rotatable bonds is 2. The SMILES string of the molecule is [2H]C([2H])([2H])c1cc2c3c(c1)N(c1cccc4sc5ccccc5c14)c1ccc(C(C)(C)C)cc1B3c1cc3c(cc1N2c1cc2c(cc1C)C(C)(C)CC2(C)C)C(C)(C)CCC3(C)C. The van der Waals surface area contributed by atoms with Gasteiger partial charge in [-0.25, -0.2) is 0 Å². The molecular weight excluding hydrogens is 756 g/mol. The van der Waals surface area contributed by atoms with Crippen LogP contribution in [0, 0.1) is 13.8 Å². The molecule has 0 radical (unpaired) electrons. The zero-order chi connectivity index (χ0) is 45.4. The summed E-state index contributed by atoms with van der Waals surface area (Å²) >= 11 is 1.82. The molecule has 2 nitrogen and oxygen atoms in total. The first-order chi connectivity index (χ1) is 29.9. The quantitative estimate of drug-likeness (QED) is 0.160. The number of thiophene rings is 1. The first-order valence-electron chi connectivity index (χ1n) is 24.1. The third-order valence-electron chi connectivity index (χ3n) is 15.4. The maximum atomic E-state index is 9.13. The van der Waals surface area contributed by atoms with Crippen LogP contribution in [-0.4, -0.2) is 6.71 Å². The van der Waals surface area contributed by atoms with Crippen molar-refractivity contribution in [1.29, 1.82) is 0 Å². The molecule has 0 amide bonds. The fourth-order valence-corrected chi connectivity index (χ4v) is 13.5. The molecule has 0 atom stereocenters. The minimum Gasteiger partial charge on any atom is -0.311 e. The molecule has 308 valence electrons. The Morgan fingerprint density at radius 1 is 0.574 bits per heavy atom. The minimum atomic E-state index is -2.35. The Morgan fingerprint density at radius 2 is 1.16 bits per heavy atom. The highest BCUT2D eigenvalue weighted by Gasteiger charge is 2.48. The Balaban J connectivity index is 1.32. The molecule has 11 rings (SSSR count). The van der Waals surface area contributed by atoms with Crippen LogP contribution >= 0.6 is 11.3 Å². The predicted octanol–water partition coefficient (Wildman–Crippen LogP) is 14.4. The topological polar surface area (TPSA) is 6.48 Å². The van der Waals surface area contributed by atoms with E-state index in [9.17, 15) is 0 Å². The molecule has 2 aliphatic carbocycles. The molecule has 4 heteroatoms. The zero-order valence-corrected chi connectivity index (χ0v) is 39.1. The van der Waals surface area contributed by atoms with Gasteiger partial charge in [0.1, 0.15) is 0 Å². The van der Waals surface area contributed by atoms with Crippen molar-refractivity contribution >= 4 is 88.7 Å². The van der Waals surface area contributed by atoms with Gasteiger partial charge in [-0.15, -0.1) is 11.3 Å². The summed E-state index contributed by atoms with van der Waals surface area (Å²) in [5.74, 6) is 0. The Bertz CT molecular complexity index is 3160. The Labute approximate surface area is 373 Å². The van der Waals surface area contributed by atoms with Gasteiger partial charge in [-0.1, -0.05) is 125 Å². The van der Waals surface area contributed by atoms with Gasteiger partial charge in [0.15, 0.2) is 0 Å². The predicted molar refractivity (Wildman–Crippen MR) is 267 cm³/mol.